The van der Waals surface area contributed by atoms with Crippen molar-refractivity contribution in [3.8, 4) is 10.4 Å². The van der Waals surface area contributed by atoms with E-state index >= 15 is 0 Å². The van der Waals surface area contributed by atoms with Crippen molar-refractivity contribution in [2.75, 3.05) is 0 Å². The zero-order valence-corrected chi connectivity index (χ0v) is 8.86. The first-order chi connectivity index (χ1) is 6.77. The molecular formula is C10H7NOS2. The lowest BCUT2D eigenvalue weighted by Gasteiger charge is -1.96. The van der Waals surface area contributed by atoms with Crippen LogP contribution in [0.3, 0.4) is 0 Å². The minimum atomic E-state index is 0.532. The molecule has 1 heterocycles. The second kappa shape index (κ2) is 2.68. The summed E-state index contributed by atoms with van der Waals surface area (Å²) >= 11 is 6.50. The fourth-order valence-electron chi connectivity index (χ4n) is 1.84. The number of rotatable bonds is 0. The van der Waals surface area contributed by atoms with Crippen LogP contribution in [0.25, 0.3) is 10.4 Å². The van der Waals surface area contributed by atoms with Crippen LogP contribution in [0.5, 0.6) is 0 Å². The zero-order chi connectivity index (χ0) is 9.71. The summed E-state index contributed by atoms with van der Waals surface area (Å²) in [7, 11) is 0. The van der Waals surface area contributed by atoms with Gasteiger partial charge in [-0.3, -0.25) is 0 Å². The average Bonchev–Trinajstić information content (AvgIpc) is 2.67. The number of benzene rings is 1. The molecule has 0 saturated heterocycles. The van der Waals surface area contributed by atoms with E-state index in [2.05, 4.69) is 12.1 Å². The maximum Gasteiger partial charge on any atom is 0.197 e. The summed E-state index contributed by atoms with van der Waals surface area (Å²) in [5.41, 5.74) is 3.42. The van der Waals surface area contributed by atoms with Gasteiger partial charge in [0.15, 0.2) is 3.95 Å². The first-order valence-corrected chi connectivity index (χ1v) is 5.52. The van der Waals surface area contributed by atoms with Crippen molar-refractivity contribution in [1.29, 1.82) is 0 Å². The largest absolute Gasteiger partial charge is 0.426 e. The number of thiazole rings is 1. The van der Waals surface area contributed by atoms with Crippen molar-refractivity contribution < 1.29 is 5.21 Å². The lowest BCUT2D eigenvalue weighted by atomic mass is 10.1. The Balaban J connectivity index is 2.37. The van der Waals surface area contributed by atoms with Crippen LogP contribution in [0, 0.1) is 3.95 Å². The summed E-state index contributed by atoms with van der Waals surface area (Å²) < 4.78 is 1.67. The van der Waals surface area contributed by atoms with Crippen LogP contribution in [-0.2, 0) is 6.42 Å². The maximum absolute atomic E-state index is 9.65. The number of aromatic nitrogens is 1. The summed E-state index contributed by atoms with van der Waals surface area (Å²) in [5.74, 6) is 0. The zero-order valence-electron chi connectivity index (χ0n) is 7.23. The number of nitrogens with zero attached hydrogens (tertiary/aromatic N) is 1. The molecule has 1 aromatic carbocycles. The molecule has 0 fully saturated rings. The van der Waals surface area contributed by atoms with Crippen molar-refractivity contribution in [2.24, 2.45) is 0 Å². The van der Waals surface area contributed by atoms with E-state index in [0.717, 1.165) is 21.7 Å². The van der Waals surface area contributed by atoms with E-state index < -0.39 is 0 Å². The molecule has 14 heavy (non-hydrogen) atoms. The molecule has 1 aromatic heterocycles. The molecule has 1 aliphatic carbocycles. The molecule has 0 atom stereocenters. The SMILES string of the molecule is On1c2c(sc1=S)-c1ccccc1C2. The van der Waals surface area contributed by atoms with Crippen molar-refractivity contribution in [2.45, 2.75) is 6.42 Å². The van der Waals surface area contributed by atoms with Gasteiger partial charge in [0.2, 0.25) is 0 Å². The highest BCUT2D eigenvalue weighted by Gasteiger charge is 2.23. The maximum atomic E-state index is 9.65. The third-order valence-corrected chi connectivity index (χ3v) is 3.93. The molecule has 0 radical (unpaired) electrons. The number of hydrogen-bond acceptors (Lipinski definition) is 3. The van der Waals surface area contributed by atoms with Gasteiger partial charge in [-0.1, -0.05) is 24.3 Å². The normalized spacial score (nSPS) is 12.6. The number of hydrogen-bond donors (Lipinski definition) is 1. The van der Waals surface area contributed by atoms with Crippen LogP contribution in [0.4, 0.5) is 0 Å². The topological polar surface area (TPSA) is 25.2 Å². The molecule has 1 aliphatic rings. The van der Waals surface area contributed by atoms with Crippen LogP contribution >= 0.6 is 23.6 Å². The Bertz CT molecular complexity index is 568. The van der Waals surface area contributed by atoms with Gasteiger partial charge in [-0.05, 0) is 23.3 Å². The predicted octanol–water partition coefficient (Wildman–Crippen LogP) is 3.09. The molecule has 0 saturated carbocycles. The van der Waals surface area contributed by atoms with Crippen molar-refractivity contribution in [1.82, 2.24) is 4.73 Å². The summed E-state index contributed by atoms with van der Waals surface area (Å²) in [6.07, 6.45) is 0.787. The van der Waals surface area contributed by atoms with Crippen molar-refractivity contribution in [3.05, 3.63) is 39.5 Å². The predicted molar refractivity (Wildman–Crippen MR) is 58.6 cm³/mol. The van der Waals surface area contributed by atoms with Crippen molar-refractivity contribution in [3.63, 3.8) is 0 Å². The van der Waals surface area contributed by atoms with Gasteiger partial charge in [-0.25, -0.2) is 0 Å². The highest BCUT2D eigenvalue weighted by Crippen LogP contribution is 2.40. The summed E-state index contributed by atoms with van der Waals surface area (Å²) in [6, 6.07) is 8.20. The molecule has 70 valence electrons. The molecule has 3 rings (SSSR count). The van der Waals surface area contributed by atoms with Crippen LogP contribution in [0.1, 0.15) is 11.3 Å². The lowest BCUT2D eigenvalue weighted by molar-refractivity contribution is 0.178. The Hall–Kier alpha value is -1.13. The van der Waals surface area contributed by atoms with Gasteiger partial charge in [0.25, 0.3) is 0 Å². The monoisotopic (exact) mass is 221 g/mol. The Labute approximate surface area is 90.0 Å². The molecule has 0 bridgehead atoms. The standard InChI is InChI=1S/C10H7NOS2/c12-11-8-5-6-3-1-2-4-7(6)9(8)14-10(11)13/h1-4,12H,5H2. The van der Waals surface area contributed by atoms with Gasteiger partial charge >= 0.3 is 0 Å². The molecule has 0 spiro atoms. The minimum Gasteiger partial charge on any atom is -0.426 e. The van der Waals surface area contributed by atoms with Crippen LogP contribution in [0.2, 0.25) is 0 Å². The van der Waals surface area contributed by atoms with E-state index in [1.165, 1.54) is 22.5 Å². The fraction of sp³-hybridized carbons (Fsp3) is 0.100. The molecule has 0 unspecified atom stereocenters. The Kier molecular flexibility index (Phi) is 1.57. The molecule has 0 amide bonds. The van der Waals surface area contributed by atoms with Gasteiger partial charge in [0, 0.05) is 6.42 Å². The van der Waals surface area contributed by atoms with Crippen LogP contribution < -0.4 is 0 Å². The van der Waals surface area contributed by atoms with Gasteiger partial charge in [-0.2, -0.15) is 4.73 Å². The second-order valence-electron chi connectivity index (χ2n) is 3.29. The molecule has 2 nitrogen and oxygen atoms in total. The van der Waals surface area contributed by atoms with Gasteiger partial charge in [0.1, 0.15) is 0 Å². The second-order valence-corrected chi connectivity index (χ2v) is 4.93. The summed E-state index contributed by atoms with van der Waals surface area (Å²) in [6.45, 7) is 0. The van der Waals surface area contributed by atoms with E-state index in [1.807, 2.05) is 12.1 Å². The van der Waals surface area contributed by atoms with Gasteiger partial charge in [-0.15, -0.1) is 11.3 Å². The highest BCUT2D eigenvalue weighted by molar-refractivity contribution is 7.73. The third-order valence-electron chi connectivity index (χ3n) is 2.50. The van der Waals surface area contributed by atoms with Crippen LogP contribution in [0.15, 0.2) is 24.3 Å². The van der Waals surface area contributed by atoms with Gasteiger partial charge < -0.3 is 5.21 Å². The van der Waals surface area contributed by atoms with Crippen LogP contribution in [-0.4, -0.2) is 9.94 Å². The summed E-state index contributed by atoms with van der Waals surface area (Å²) in [4.78, 5) is 1.12. The number of fused-ring (bicyclic) bond motifs is 3. The first-order valence-electron chi connectivity index (χ1n) is 4.29. The Morgan fingerprint density at radius 2 is 2.14 bits per heavy atom. The smallest absolute Gasteiger partial charge is 0.197 e. The van der Waals surface area contributed by atoms with Crippen molar-refractivity contribution >= 4 is 23.6 Å². The molecule has 4 heteroatoms. The lowest BCUT2D eigenvalue weighted by Crippen LogP contribution is -1.95. The van der Waals surface area contributed by atoms with E-state index in [4.69, 9.17) is 12.2 Å². The van der Waals surface area contributed by atoms with E-state index in [0.29, 0.717) is 3.95 Å². The first kappa shape index (κ1) is 8.20. The minimum absolute atomic E-state index is 0.532. The fourth-order valence-corrected chi connectivity index (χ4v) is 3.15. The van der Waals surface area contributed by atoms with E-state index in [9.17, 15) is 5.21 Å². The molecular weight excluding hydrogens is 214 g/mol. The third kappa shape index (κ3) is 0.923. The van der Waals surface area contributed by atoms with E-state index in [1.54, 1.807) is 0 Å². The molecule has 2 aromatic rings. The van der Waals surface area contributed by atoms with E-state index in [-0.39, 0.29) is 0 Å². The molecule has 1 N–H and O–H groups in total. The quantitative estimate of drug-likeness (QED) is 0.466. The Morgan fingerprint density at radius 3 is 3.00 bits per heavy atom. The molecule has 0 aliphatic heterocycles. The average molecular weight is 221 g/mol. The Morgan fingerprint density at radius 1 is 1.36 bits per heavy atom. The van der Waals surface area contributed by atoms with Gasteiger partial charge in [0.05, 0.1) is 10.6 Å². The highest BCUT2D eigenvalue weighted by atomic mass is 32.1. The summed E-state index contributed by atoms with van der Waals surface area (Å²) in [5, 5.41) is 9.65.